The molecule has 7 rings (SSSR count). The highest BCUT2D eigenvalue weighted by molar-refractivity contribution is 5.80. The first-order valence-electron chi connectivity index (χ1n) is 11.9. The molecule has 18 nitrogen and oxygen atoms in total. The zero-order valence-corrected chi connectivity index (χ0v) is 21.4. The maximum absolute atomic E-state index is 13.6. The van der Waals surface area contributed by atoms with Crippen molar-refractivity contribution in [2.45, 2.75) is 0 Å². The lowest BCUT2D eigenvalue weighted by Gasteiger charge is -2.07. The van der Waals surface area contributed by atoms with Gasteiger partial charge in [0, 0.05) is 0 Å². The first-order chi connectivity index (χ1) is 21.8. The van der Waals surface area contributed by atoms with Crippen LogP contribution in [0.1, 0.15) is 17.5 Å². The normalized spacial score (nSPS) is 16.8. The van der Waals surface area contributed by atoms with Gasteiger partial charge >= 0.3 is 18.2 Å². The molecule has 0 atom stereocenters. The first kappa shape index (κ1) is 26.4. The van der Waals surface area contributed by atoms with Crippen molar-refractivity contribution < 1.29 is 13.2 Å². The fourth-order valence-electron chi connectivity index (χ4n) is 3.87. The van der Waals surface area contributed by atoms with Gasteiger partial charge in [-0.2, -0.15) is 38.6 Å². The lowest BCUT2D eigenvalue weighted by molar-refractivity contribution is 0.530. The van der Waals surface area contributed by atoms with Crippen molar-refractivity contribution in [2.24, 2.45) is 30.0 Å². The molecule has 45 heavy (non-hydrogen) atoms. The molecule has 0 unspecified atom stereocenters. The van der Waals surface area contributed by atoms with Gasteiger partial charge in [0.05, 0.1) is 25.2 Å². The van der Waals surface area contributed by atoms with Crippen LogP contribution in [0.15, 0.2) is 66.0 Å². The van der Waals surface area contributed by atoms with E-state index in [9.17, 15) is 23.7 Å². The van der Waals surface area contributed by atoms with Gasteiger partial charge in [0.15, 0.2) is 51.4 Å². The molecule has 0 saturated carbocycles. The van der Waals surface area contributed by atoms with E-state index in [0.717, 1.165) is 18.6 Å². The largest absolute Gasteiger partial charge is 0.310 e. The fourth-order valence-corrected chi connectivity index (χ4v) is 3.87. The Kier molecular flexibility index (Phi) is 5.94. The number of fused-ring (bicyclic) bond motifs is 3. The second kappa shape index (κ2) is 10.1. The molecule has 0 aliphatic carbocycles. The minimum absolute atomic E-state index is 0.0433. The third kappa shape index (κ3) is 4.58. The van der Waals surface area contributed by atoms with Gasteiger partial charge in [-0.15, -0.1) is 0 Å². The van der Waals surface area contributed by atoms with Crippen LogP contribution in [0.5, 0.6) is 0 Å². The average molecular weight is 600 g/mol. The SMILES string of the molecule is [C-]#[N+]/C(=C1\N=c2cnc(F)nc2=N1)c1nc(/C(C#N)=C2/N=c3cnc(F)nc3=N2)nc(/C(C#N)=C2/N=c3cnc(F)nc3=N2)n1. The van der Waals surface area contributed by atoms with Crippen LogP contribution in [0, 0.1) is 47.5 Å². The molecule has 0 N–H and O–H groups in total. The summed E-state index contributed by atoms with van der Waals surface area (Å²) < 4.78 is 40.8. The van der Waals surface area contributed by atoms with Crippen LogP contribution in [-0.2, 0) is 0 Å². The minimum atomic E-state index is -1.08. The number of nitriles is 2. The van der Waals surface area contributed by atoms with Crippen LogP contribution in [-0.4, -0.2) is 44.9 Å². The van der Waals surface area contributed by atoms with Gasteiger partial charge in [0.1, 0.15) is 39.4 Å². The second-order valence-corrected chi connectivity index (χ2v) is 8.43. The molecule has 210 valence electrons. The van der Waals surface area contributed by atoms with Gasteiger partial charge in [-0.25, -0.2) is 64.7 Å². The predicted octanol–water partition coefficient (Wildman–Crippen LogP) is -2.55. The van der Waals surface area contributed by atoms with Crippen LogP contribution in [0.2, 0.25) is 0 Å². The quantitative estimate of drug-likeness (QED) is 0.135. The monoisotopic (exact) mass is 600 g/mol. The van der Waals surface area contributed by atoms with Crippen molar-refractivity contribution >= 4 is 16.8 Å². The van der Waals surface area contributed by atoms with Crippen LogP contribution in [0.3, 0.4) is 0 Å². The molecule has 0 spiro atoms. The summed E-state index contributed by atoms with van der Waals surface area (Å²) in [5.74, 6) is -2.21. The highest BCUT2D eigenvalue weighted by Crippen LogP contribution is 2.26. The number of aromatic nitrogens is 9. The molecule has 21 heteroatoms. The molecule has 0 aromatic carbocycles. The summed E-state index contributed by atoms with van der Waals surface area (Å²) in [7, 11) is 0. The van der Waals surface area contributed by atoms with Crippen molar-refractivity contribution in [1.82, 2.24) is 44.9 Å². The summed E-state index contributed by atoms with van der Waals surface area (Å²) in [6.07, 6.45) is -0.101. The average Bonchev–Trinajstić information content (AvgIpc) is 3.74. The molecule has 0 saturated heterocycles. The van der Waals surface area contributed by atoms with Crippen molar-refractivity contribution in [2.75, 3.05) is 0 Å². The van der Waals surface area contributed by atoms with Gasteiger partial charge in [-0.3, -0.25) is 0 Å². The van der Waals surface area contributed by atoms with E-state index in [1.807, 2.05) is 12.1 Å². The zero-order chi connectivity index (χ0) is 31.2. The molecular formula is C24H3F3N18. The Balaban J connectivity index is 1.50. The summed E-state index contributed by atoms with van der Waals surface area (Å²) in [5, 5.41) is 20.3. The maximum atomic E-state index is 13.6. The summed E-state index contributed by atoms with van der Waals surface area (Å²) in [5.41, 5.74) is -1.74. The minimum Gasteiger partial charge on any atom is -0.235 e. The number of rotatable bonds is 3. The van der Waals surface area contributed by atoms with Crippen molar-refractivity contribution in [1.29, 1.82) is 10.5 Å². The van der Waals surface area contributed by atoms with Gasteiger partial charge in [0.2, 0.25) is 0 Å². The molecular weight excluding hydrogens is 597 g/mol. The van der Waals surface area contributed by atoms with E-state index in [4.69, 9.17) is 6.57 Å². The Bertz CT molecular complexity index is 2370. The first-order valence-corrected chi connectivity index (χ1v) is 11.9. The predicted molar refractivity (Wildman–Crippen MR) is 131 cm³/mol. The van der Waals surface area contributed by atoms with E-state index in [-0.39, 0.29) is 50.0 Å². The van der Waals surface area contributed by atoms with Crippen molar-refractivity contribution in [3.63, 3.8) is 0 Å². The van der Waals surface area contributed by atoms with E-state index in [1.54, 1.807) is 0 Å². The van der Waals surface area contributed by atoms with E-state index >= 15 is 0 Å². The molecule has 3 aliphatic heterocycles. The van der Waals surface area contributed by atoms with Crippen LogP contribution in [0.4, 0.5) is 13.2 Å². The highest BCUT2D eigenvalue weighted by Gasteiger charge is 2.25. The second-order valence-electron chi connectivity index (χ2n) is 8.43. The maximum Gasteiger partial charge on any atom is 0.310 e. The zero-order valence-electron chi connectivity index (χ0n) is 21.4. The Hall–Kier alpha value is -7.47. The van der Waals surface area contributed by atoms with Gasteiger partial charge in [-0.1, -0.05) is 0 Å². The molecule has 4 aromatic heterocycles. The third-order valence-corrected chi connectivity index (χ3v) is 5.77. The Morgan fingerprint density at radius 2 is 0.933 bits per heavy atom. The molecule has 3 aliphatic rings. The highest BCUT2D eigenvalue weighted by atomic mass is 19.1. The van der Waals surface area contributed by atoms with E-state index in [2.05, 4.69) is 79.7 Å². The summed E-state index contributed by atoms with van der Waals surface area (Å²) >= 11 is 0. The molecule has 4 aromatic rings. The van der Waals surface area contributed by atoms with E-state index in [0.29, 0.717) is 0 Å². The number of hydrogen-bond acceptors (Lipinski definition) is 17. The Morgan fingerprint density at radius 3 is 1.33 bits per heavy atom. The van der Waals surface area contributed by atoms with Gasteiger partial charge in [0.25, 0.3) is 5.70 Å². The molecule has 0 radical (unpaired) electrons. The number of allylic oxidation sites excluding steroid dienone is 2. The summed E-state index contributed by atoms with van der Waals surface area (Å²) in [4.78, 5) is 61.4. The van der Waals surface area contributed by atoms with Crippen LogP contribution >= 0.6 is 0 Å². The number of halogens is 3. The van der Waals surface area contributed by atoms with Gasteiger partial charge < -0.3 is 0 Å². The number of hydrogen-bond donors (Lipinski definition) is 0. The lowest BCUT2D eigenvalue weighted by atomic mass is 10.2. The molecule has 0 amide bonds. The van der Waals surface area contributed by atoms with Crippen LogP contribution in [0.25, 0.3) is 21.7 Å². The molecule has 0 fully saturated rings. The van der Waals surface area contributed by atoms with E-state index < -0.39 is 52.6 Å². The summed E-state index contributed by atoms with van der Waals surface area (Å²) in [6, 6.07) is 3.70. The Labute approximate surface area is 243 Å². The van der Waals surface area contributed by atoms with Gasteiger partial charge in [-0.05, 0) is 0 Å². The molecule has 0 bridgehead atoms. The summed E-state index contributed by atoms with van der Waals surface area (Å²) in [6.45, 7) is 7.81. The van der Waals surface area contributed by atoms with Crippen molar-refractivity contribution in [3.05, 3.63) is 116 Å². The Morgan fingerprint density at radius 1 is 0.556 bits per heavy atom. The van der Waals surface area contributed by atoms with Crippen LogP contribution < -0.4 is 32.5 Å². The van der Waals surface area contributed by atoms with E-state index in [1.165, 1.54) is 0 Å². The number of nitrogens with zero attached hydrogens (tertiary/aromatic N) is 18. The van der Waals surface area contributed by atoms with Crippen molar-refractivity contribution in [3.8, 4) is 12.1 Å². The topological polar surface area (TPSA) is 242 Å². The molecule has 7 heterocycles. The third-order valence-electron chi connectivity index (χ3n) is 5.77. The smallest absolute Gasteiger partial charge is 0.235 e. The fraction of sp³-hybridized carbons (Fsp3) is 0. The lowest BCUT2D eigenvalue weighted by Crippen LogP contribution is -2.27. The standard InChI is InChI=1S/C24H3F3N18/c1-30-12(20-36-11-6-33-24(27)45-19(11)42-20)21-40-15(7(2-28)13-34-9-4-31-22(25)43-17(9)38-13)37-16(41-21)8(3-29)14-35-10-5-32-23(26)44-18(10)39-14/h4-6H/b13-7-,14-8-,20-12+.